The molecule has 0 aliphatic rings. The van der Waals surface area contributed by atoms with Gasteiger partial charge in [0.25, 0.3) is 0 Å². The molecule has 7 heteroatoms. The molecule has 20 heavy (non-hydrogen) atoms. The minimum Gasteiger partial charge on any atom is -0.377 e. The molecule has 0 aromatic carbocycles. The summed E-state index contributed by atoms with van der Waals surface area (Å²) in [7, 11) is 3.73. The summed E-state index contributed by atoms with van der Waals surface area (Å²) < 4.78 is 39.1. The van der Waals surface area contributed by atoms with E-state index in [1.807, 2.05) is 19.0 Å². The lowest BCUT2D eigenvalue weighted by Crippen LogP contribution is -2.43. The molecule has 0 fully saturated rings. The smallest absolute Gasteiger partial charge is 0.377 e. The number of halogens is 3. The van der Waals surface area contributed by atoms with E-state index in [2.05, 4.69) is 4.99 Å². The molecule has 0 radical (unpaired) electrons. The quantitative estimate of drug-likeness (QED) is 0.361. The Morgan fingerprint density at radius 3 is 2.30 bits per heavy atom. The van der Waals surface area contributed by atoms with Crippen molar-refractivity contribution in [3.8, 4) is 0 Å². The van der Waals surface area contributed by atoms with Gasteiger partial charge in [-0.25, -0.2) is 4.57 Å². The average Bonchev–Trinajstić information content (AvgIpc) is 2.89. The number of thiophene rings is 1. The van der Waals surface area contributed by atoms with Crippen LogP contribution >= 0.6 is 11.3 Å². The van der Waals surface area contributed by atoms with Gasteiger partial charge >= 0.3 is 12.1 Å². The van der Waals surface area contributed by atoms with E-state index in [0.717, 1.165) is 5.69 Å². The van der Waals surface area contributed by atoms with Gasteiger partial charge in [0.15, 0.2) is 0 Å². The van der Waals surface area contributed by atoms with Crippen LogP contribution < -0.4 is 9.47 Å². The van der Waals surface area contributed by atoms with E-state index in [0.29, 0.717) is 4.88 Å². The molecular formula is C13H13F3N3S+. The lowest BCUT2D eigenvalue weighted by molar-refractivity contribution is -0.555. The lowest BCUT2D eigenvalue weighted by Gasteiger charge is -2.11. The summed E-state index contributed by atoms with van der Waals surface area (Å²) >= 11 is 1.22. The zero-order chi connectivity index (χ0) is 14.8. The molecule has 0 spiro atoms. The molecule has 0 bridgehead atoms. The van der Waals surface area contributed by atoms with Crippen LogP contribution in [-0.4, -0.2) is 26.2 Å². The molecule has 0 aliphatic heterocycles. The highest BCUT2D eigenvalue weighted by atomic mass is 32.1. The van der Waals surface area contributed by atoms with Crippen molar-refractivity contribution >= 4 is 22.9 Å². The Hall–Kier alpha value is -1.89. The molecule has 3 nitrogen and oxygen atoms in total. The Morgan fingerprint density at radius 1 is 1.20 bits per heavy atom. The first-order valence-corrected chi connectivity index (χ1v) is 6.64. The predicted octanol–water partition coefficient (Wildman–Crippen LogP) is 2.92. The second-order valence-electron chi connectivity index (χ2n) is 4.24. The van der Waals surface area contributed by atoms with Crippen LogP contribution in [0.2, 0.25) is 0 Å². The molecule has 0 aliphatic carbocycles. The number of alkyl halides is 3. The van der Waals surface area contributed by atoms with Crippen LogP contribution in [0.15, 0.2) is 47.0 Å². The molecular weight excluding hydrogens is 287 g/mol. The minimum atomic E-state index is -4.60. The van der Waals surface area contributed by atoms with Gasteiger partial charge in [0.05, 0.1) is 12.4 Å². The highest BCUT2D eigenvalue weighted by Gasteiger charge is 2.38. The number of anilines is 1. The maximum absolute atomic E-state index is 12.6. The fraction of sp³-hybridized carbons (Fsp3) is 0.231. The SMILES string of the molecule is CN(C)c1cc[n+](/C(=N/C(F)(F)F)c2cccs2)cc1. The summed E-state index contributed by atoms with van der Waals surface area (Å²) in [5, 5.41) is 1.72. The molecule has 2 aromatic rings. The first-order chi connectivity index (χ1) is 9.37. The molecule has 2 aromatic heterocycles. The summed E-state index contributed by atoms with van der Waals surface area (Å²) in [6, 6.07) is 6.78. The Morgan fingerprint density at radius 2 is 1.85 bits per heavy atom. The third-order valence-corrected chi connectivity index (χ3v) is 3.41. The van der Waals surface area contributed by atoms with E-state index in [-0.39, 0.29) is 5.84 Å². The summed E-state index contributed by atoms with van der Waals surface area (Å²) in [4.78, 5) is 5.21. The van der Waals surface area contributed by atoms with Gasteiger partial charge < -0.3 is 4.90 Å². The lowest BCUT2D eigenvalue weighted by atomic mass is 10.3. The highest BCUT2D eigenvalue weighted by molar-refractivity contribution is 7.12. The van der Waals surface area contributed by atoms with Gasteiger partial charge in [0, 0.05) is 36.9 Å². The van der Waals surface area contributed by atoms with Crippen LogP contribution in [0.4, 0.5) is 18.9 Å². The van der Waals surface area contributed by atoms with E-state index in [9.17, 15) is 13.2 Å². The zero-order valence-corrected chi connectivity index (χ0v) is 11.7. The van der Waals surface area contributed by atoms with Crippen molar-refractivity contribution in [3.63, 3.8) is 0 Å². The molecule has 2 rings (SSSR count). The molecule has 0 saturated heterocycles. The van der Waals surface area contributed by atoms with Crippen LogP contribution in [0.3, 0.4) is 0 Å². The summed E-state index contributed by atoms with van der Waals surface area (Å²) in [6.07, 6.45) is -1.47. The van der Waals surface area contributed by atoms with E-state index >= 15 is 0 Å². The number of rotatable bonds is 2. The monoisotopic (exact) mass is 300 g/mol. The molecule has 2 heterocycles. The van der Waals surface area contributed by atoms with E-state index in [4.69, 9.17) is 0 Å². The maximum Gasteiger partial charge on any atom is 0.603 e. The largest absolute Gasteiger partial charge is 0.603 e. The van der Waals surface area contributed by atoms with Crippen LogP contribution in [-0.2, 0) is 0 Å². The van der Waals surface area contributed by atoms with Gasteiger partial charge in [0.1, 0.15) is 4.88 Å². The first-order valence-electron chi connectivity index (χ1n) is 5.76. The van der Waals surface area contributed by atoms with Crippen molar-refractivity contribution < 1.29 is 17.7 Å². The van der Waals surface area contributed by atoms with Gasteiger partial charge in [-0.3, -0.25) is 0 Å². The zero-order valence-electron chi connectivity index (χ0n) is 10.9. The standard InChI is InChI=1S/C13H13F3N3S/c1-18(2)10-5-7-19(8-6-10)12(17-13(14,15)16)11-4-3-9-20-11/h3-9H,1-2H3/q+1/b17-12+. The van der Waals surface area contributed by atoms with E-state index in [1.165, 1.54) is 15.9 Å². The van der Waals surface area contributed by atoms with Crippen LogP contribution in [0.25, 0.3) is 0 Å². The van der Waals surface area contributed by atoms with Crippen molar-refractivity contribution in [2.75, 3.05) is 19.0 Å². The highest BCUT2D eigenvalue weighted by Crippen LogP contribution is 2.19. The number of aliphatic imine (C=N–C) groups is 1. The summed E-state index contributed by atoms with van der Waals surface area (Å²) in [6.45, 7) is 0. The Bertz CT molecular complexity index is 586. The second kappa shape index (κ2) is 5.62. The second-order valence-corrected chi connectivity index (χ2v) is 5.19. The molecule has 0 unspecified atom stereocenters. The Kier molecular flexibility index (Phi) is 4.08. The third-order valence-electron chi connectivity index (χ3n) is 2.55. The molecule has 0 saturated carbocycles. The maximum atomic E-state index is 12.6. The number of hydrogen-bond acceptors (Lipinski definition) is 3. The number of hydrogen-bond donors (Lipinski definition) is 0. The van der Waals surface area contributed by atoms with Crippen molar-refractivity contribution in [2.45, 2.75) is 6.30 Å². The normalized spacial score (nSPS) is 12.6. The predicted molar refractivity (Wildman–Crippen MR) is 73.3 cm³/mol. The fourth-order valence-electron chi connectivity index (χ4n) is 1.62. The Balaban J connectivity index is 2.45. The summed E-state index contributed by atoms with van der Waals surface area (Å²) in [5.41, 5.74) is 0.902. The van der Waals surface area contributed by atoms with Gasteiger partial charge in [-0.05, 0) is 11.4 Å². The van der Waals surface area contributed by atoms with Gasteiger partial charge in [-0.1, -0.05) is 6.07 Å². The van der Waals surface area contributed by atoms with Gasteiger partial charge in [-0.2, -0.15) is 0 Å². The van der Waals surface area contributed by atoms with Crippen molar-refractivity contribution in [1.82, 2.24) is 0 Å². The van der Waals surface area contributed by atoms with E-state index in [1.54, 1.807) is 42.0 Å². The van der Waals surface area contributed by atoms with Gasteiger partial charge in [-0.15, -0.1) is 24.5 Å². The summed E-state index contributed by atoms with van der Waals surface area (Å²) in [5.74, 6) is -0.127. The van der Waals surface area contributed by atoms with E-state index < -0.39 is 6.30 Å². The van der Waals surface area contributed by atoms with Crippen molar-refractivity contribution in [2.24, 2.45) is 4.99 Å². The molecule has 0 atom stereocenters. The van der Waals surface area contributed by atoms with Gasteiger partial charge in [0.2, 0.25) is 0 Å². The minimum absolute atomic E-state index is 0.127. The first kappa shape index (κ1) is 14.5. The third kappa shape index (κ3) is 3.57. The Labute approximate surface area is 118 Å². The number of aromatic nitrogens is 1. The number of pyridine rings is 1. The van der Waals surface area contributed by atoms with Crippen molar-refractivity contribution in [1.29, 1.82) is 0 Å². The van der Waals surface area contributed by atoms with Crippen LogP contribution in [0, 0.1) is 0 Å². The van der Waals surface area contributed by atoms with Crippen molar-refractivity contribution in [3.05, 3.63) is 46.9 Å². The molecule has 106 valence electrons. The molecule has 0 amide bonds. The van der Waals surface area contributed by atoms with Crippen LogP contribution in [0.5, 0.6) is 0 Å². The fourth-order valence-corrected chi connectivity index (χ4v) is 2.34. The topological polar surface area (TPSA) is 19.5 Å². The van der Waals surface area contributed by atoms with Crippen LogP contribution in [0.1, 0.15) is 4.88 Å². The number of nitrogens with zero attached hydrogens (tertiary/aromatic N) is 3. The molecule has 0 N–H and O–H groups in total. The average molecular weight is 300 g/mol.